The van der Waals surface area contributed by atoms with Gasteiger partial charge in [0.25, 0.3) is 5.91 Å². The van der Waals surface area contributed by atoms with Crippen LogP contribution >= 0.6 is 0 Å². The van der Waals surface area contributed by atoms with Gasteiger partial charge >= 0.3 is 5.97 Å². The van der Waals surface area contributed by atoms with E-state index < -0.39 is 42.0 Å². The number of amides is 1. The molecule has 4 atom stereocenters. The van der Waals surface area contributed by atoms with Crippen LogP contribution in [-0.2, 0) is 23.7 Å². The lowest BCUT2D eigenvalue weighted by Gasteiger charge is -2.30. The van der Waals surface area contributed by atoms with E-state index in [4.69, 9.17) is 23.7 Å². The Hall–Kier alpha value is -2.43. The van der Waals surface area contributed by atoms with E-state index in [1.165, 1.54) is 19.4 Å². The molecule has 174 valence electrons. The van der Waals surface area contributed by atoms with Crippen LogP contribution in [0.4, 0.5) is 0 Å². The Balaban J connectivity index is 2.15. The molecule has 2 N–H and O–H groups in total. The fourth-order valence-electron chi connectivity index (χ4n) is 3.10. The summed E-state index contributed by atoms with van der Waals surface area (Å²) in [7, 11) is 1.36. The maximum atomic E-state index is 12.7. The standard InChI is InChI=1S/C21H32N2O8/c1-5-9-29-16-12-28-11-14(21(26)31-13(3)19(16)30-10-6-2)23-20(25)17-18(24)15(27-4)7-8-22-17/h7-8,13-14,16,19,24H,5-6,9-12H2,1-4H3,(H,23,25). The fourth-order valence-corrected chi connectivity index (χ4v) is 3.10. The third-order valence-electron chi connectivity index (χ3n) is 4.66. The van der Waals surface area contributed by atoms with Crippen molar-refractivity contribution in [2.24, 2.45) is 0 Å². The maximum Gasteiger partial charge on any atom is 0.331 e. The Labute approximate surface area is 182 Å². The number of aromatic nitrogens is 1. The zero-order valence-electron chi connectivity index (χ0n) is 18.5. The monoisotopic (exact) mass is 440 g/mol. The molecule has 31 heavy (non-hydrogen) atoms. The highest BCUT2D eigenvalue weighted by atomic mass is 16.6. The van der Waals surface area contributed by atoms with Gasteiger partial charge in [0.2, 0.25) is 0 Å². The molecule has 0 aromatic carbocycles. The molecule has 0 bridgehead atoms. The molecule has 1 aromatic heterocycles. The van der Waals surface area contributed by atoms with Crippen molar-refractivity contribution in [2.75, 3.05) is 33.5 Å². The number of carbonyl (C=O) groups excluding carboxylic acids is 2. The fraction of sp³-hybridized carbons (Fsp3) is 0.667. The van der Waals surface area contributed by atoms with Crippen LogP contribution in [0.2, 0.25) is 0 Å². The third-order valence-corrected chi connectivity index (χ3v) is 4.66. The number of esters is 1. The van der Waals surface area contributed by atoms with E-state index in [-0.39, 0.29) is 24.7 Å². The summed E-state index contributed by atoms with van der Waals surface area (Å²) in [5, 5.41) is 12.7. The Morgan fingerprint density at radius 3 is 2.65 bits per heavy atom. The predicted molar refractivity (Wildman–Crippen MR) is 110 cm³/mol. The quantitative estimate of drug-likeness (QED) is 0.549. The van der Waals surface area contributed by atoms with Gasteiger partial charge in [0.1, 0.15) is 18.3 Å². The van der Waals surface area contributed by atoms with Crippen LogP contribution in [0.1, 0.15) is 44.1 Å². The third kappa shape index (κ3) is 6.78. The number of methoxy groups -OCH3 is 1. The molecule has 0 radical (unpaired) electrons. The SMILES string of the molecule is CCCOC1COCC(NC(=O)c2nccc(OC)c2O)C(=O)OC(C)C1OCCC. The van der Waals surface area contributed by atoms with E-state index in [9.17, 15) is 14.7 Å². The van der Waals surface area contributed by atoms with Crippen LogP contribution in [0.5, 0.6) is 11.5 Å². The number of rotatable bonds is 9. The molecule has 0 spiro atoms. The van der Waals surface area contributed by atoms with E-state index in [1.807, 2.05) is 13.8 Å². The molecular formula is C21H32N2O8. The van der Waals surface area contributed by atoms with Crippen molar-refractivity contribution in [3.63, 3.8) is 0 Å². The summed E-state index contributed by atoms with van der Waals surface area (Å²) in [6, 6.07) is 0.317. The van der Waals surface area contributed by atoms with Crippen molar-refractivity contribution in [3.8, 4) is 11.5 Å². The number of ether oxygens (including phenoxy) is 5. The van der Waals surface area contributed by atoms with Crippen molar-refractivity contribution >= 4 is 11.9 Å². The van der Waals surface area contributed by atoms with Crippen molar-refractivity contribution in [1.82, 2.24) is 10.3 Å². The molecule has 1 aromatic rings. The van der Waals surface area contributed by atoms with E-state index in [0.717, 1.165) is 12.8 Å². The van der Waals surface area contributed by atoms with Crippen molar-refractivity contribution in [2.45, 2.75) is 58.0 Å². The first kappa shape index (κ1) is 24.8. The van der Waals surface area contributed by atoms with Gasteiger partial charge in [0.05, 0.1) is 20.3 Å². The average molecular weight is 440 g/mol. The Morgan fingerprint density at radius 2 is 1.97 bits per heavy atom. The summed E-state index contributed by atoms with van der Waals surface area (Å²) >= 11 is 0. The minimum Gasteiger partial charge on any atom is -0.503 e. The number of aromatic hydroxyl groups is 1. The van der Waals surface area contributed by atoms with Crippen LogP contribution in [0.15, 0.2) is 12.3 Å². The number of nitrogens with one attached hydrogen (secondary N) is 1. The van der Waals surface area contributed by atoms with E-state index in [1.54, 1.807) is 6.92 Å². The van der Waals surface area contributed by atoms with Crippen LogP contribution in [-0.4, -0.2) is 79.9 Å². The molecular weight excluding hydrogens is 408 g/mol. The summed E-state index contributed by atoms with van der Waals surface area (Å²) in [5.74, 6) is -1.76. The van der Waals surface area contributed by atoms with Gasteiger partial charge in [-0.1, -0.05) is 13.8 Å². The molecule has 2 heterocycles. The van der Waals surface area contributed by atoms with E-state index in [2.05, 4.69) is 10.3 Å². The van der Waals surface area contributed by atoms with Gasteiger partial charge in [-0.2, -0.15) is 0 Å². The van der Waals surface area contributed by atoms with Crippen molar-refractivity contribution in [3.05, 3.63) is 18.0 Å². The molecule has 1 saturated heterocycles. The number of cyclic esters (lactones) is 1. The molecule has 2 rings (SSSR count). The van der Waals surface area contributed by atoms with Crippen molar-refractivity contribution in [1.29, 1.82) is 0 Å². The number of carbonyl (C=O) groups is 2. The second-order valence-corrected chi connectivity index (χ2v) is 7.16. The topological polar surface area (TPSA) is 125 Å². The van der Waals surface area contributed by atoms with E-state index >= 15 is 0 Å². The lowest BCUT2D eigenvalue weighted by Crippen LogP contribution is -2.47. The van der Waals surface area contributed by atoms with Gasteiger partial charge in [0.15, 0.2) is 23.2 Å². The number of pyridine rings is 1. The molecule has 0 saturated carbocycles. The van der Waals surface area contributed by atoms with Crippen LogP contribution in [0.25, 0.3) is 0 Å². The zero-order chi connectivity index (χ0) is 22.8. The van der Waals surface area contributed by atoms with Crippen LogP contribution < -0.4 is 10.1 Å². The molecule has 1 fully saturated rings. The molecule has 1 aliphatic rings. The Morgan fingerprint density at radius 1 is 1.26 bits per heavy atom. The van der Waals surface area contributed by atoms with Crippen LogP contribution in [0, 0.1) is 0 Å². The first-order valence-electron chi connectivity index (χ1n) is 10.5. The summed E-state index contributed by atoms with van der Waals surface area (Å²) < 4.78 is 28.0. The summed E-state index contributed by atoms with van der Waals surface area (Å²) in [5.41, 5.74) is -0.270. The predicted octanol–water partition coefficient (Wildman–Crippen LogP) is 1.45. The first-order valence-corrected chi connectivity index (χ1v) is 10.5. The molecule has 4 unspecified atom stereocenters. The molecule has 1 amide bonds. The number of hydrogen-bond acceptors (Lipinski definition) is 9. The first-order chi connectivity index (χ1) is 14.9. The Kier molecular flexibility index (Phi) is 9.96. The summed E-state index contributed by atoms with van der Waals surface area (Å²) in [4.78, 5) is 29.2. The second-order valence-electron chi connectivity index (χ2n) is 7.16. The van der Waals surface area contributed by atoms with Gasteiger partial charge in [-0.15, -0.1) is 0 Å². The summed E-state index contributed by atoms with van der Waals surface area (Å²) in [6.45, 7) is 6.74. The maximum absolute atomic E-state index is 12.7. The number of nitrogens with zero attached hydrogens (tertiary/aromatic N) is 1. The van der Waals surface area contributed by atoms with Gasteiger partial charge in [-0.25, -0.2) is 9.78 Å². The molecule has 0 aliphatic carbocycles. The van der Waals surface area contributed by atoms with Gasteiger partial charge in [-0.3, -0.25) is 4.79 Å². The normalized spacial score (nSPS) is 24.5. The van der Waals surface area contributed by atoms with E-state index in [0.29, 0.717) is 13.2 Å². The smallest absolute Gasteiger partial charge is 0.331 e. The largest absolute Gasteiger partial charge is 0.503 e. The zero-order valence-corrected chi connectivity index (χ0v) is 18.5. The van der Waals surface area contributed by atoms with Crippen LogP contribution in [0.3, 0.4) is 0 Å². The highest BCUT2D eigenvalue weighted by molar-refractivity contribution is 5.98. The Bertz CT molecular complexity index is 729. The molecule has 10 heteroatoms. The van der Waals surface area contributed by atoms with Gasteiger partial charge in [-0.05, 0) is 19.8 Å². The average Bonchev–Trinajstić information content (AvgIpc) is 2.80. The highest BCUT2D eigenvalue weighted by Crippen LogP contribution is 2.27. The molecule has 1 aliphatic heterocycles. The lowest BCUT2D eigenvalue weighted by atomic mass is 10.1. The van der Waals surface area contributed by atoms with Gasteiger partial charge in [0, 0.05) is 25.5 Å². The van der Waals surface area contributed by atoms with Gasteiger partial charge < -0.3 is 34.1 Å². The minimum absolute atomic E-state index is 0.0916. The molecule has 10 nitrogen and oxygen atoms in total. The minimum atomic E-state index is -1.10. The highest BCUT2D eigenvalue weighted by Gasteiger charge is 2.36. The van der Waals surface area contributed by atoms with Crippen molar-refractivity contribution < 1.29 is 38.4 Å². The second kappa shape index (κ2) is 12.4. The summed E-state index contributed by atoms with van der Waals surface area (Å²) in [6.07, 6.45) is 1.39. The number of hydrogen-bond donors (Lipinski definition) is 2. The lowest BCUT2D eigenvalue weighted by molar-refractivity contribution is -0.167.